The number of hydrogen-bond acceptors (Lipinski definition) is 6. The Balaban J connectivity index is 2.09. The molecular formula is C10H12N4O2. The standard InChI is InChI=1S/C10H12N4O2/c11-6-8(15)10-13-9(14-16-10)5-7-3-1-2-4-12-7/h1-4,8,15H,5-6,11H2/t8-/m0/s1. The molecular weight excluding hydrogens is 208 g/mol. The van der Waals surface area contributed by atoms with Crippen LogP contribution in [0.5, 0.6) is 0 Å². The van der Waals surface area contributed by atoms with Gasteiger partial charge in [-0.05, 0) is 12.1 Å². The molecule has 1 atom stereocenters. The lowest BCUT2D eigenvalue weighted by atomic mass is 10.2. The van der Waals surface area contributed by atoms with Crippen LogP contribution in [-0.4, -0.2) is 26.8 Å². The van der Waals surface area contributed by atoms with Crippen molar-refractivity contribution in [3.05, 3.63) is 41.8 Å². The molecule has 0 unspecified atom stereocenters. The van der Waals surface area contributed by atoms with Gasteiger partial charge < -0.3 is 15.4 Å². The van der Waals surface area contributed by atoms with E-state index in [0.717, 1.165) is 5.69 Å². The van der Waals surface area contributed by atoms with Crippen LogP contribution in [0.15, 0.2) is 28.9 Å². The van der Waals surface area contributed by atoms with Crippen LogP contribution in [0.2, 0.25) is 0 Å². The second-order valence-electron chi connectivity index (χ2n) is 3.30. The van der Waals surface area contributed by atoms with Crippen molar-refractivity contribution in [2.45, 2.75) is 12.5 Å². The van der Waals surface area contributed by atoms with E-state index in [1.54, 1.807) is 6.20 Å². The van der Waals surface area contributed by atoms with E-state index >= 15 is 0 Å². The number of rotatable bonds is 4. The number of aliphatic hydroxyl groups excluding tert-OH is 1. The Morgan fingerprint density at radius 2 is 2.31 bits per heavy atom. The van der Waals surface area contributed by atoms with Crippen LogP contribution in [0.3, 0.4) is 0 Å². The van der Waals surface area contributed by atoms with Gasteiger partial charge in [0, 0.05) is 18.4 Å². The Morgan fingerprint density at radius 1 is 1.44 bits per heavy atom. The number of aromatic nitrogens is 3. The molecule has 2 rings (SSSR count). The Labute approximate surface area is 92.1 Å². The van der Waals surface area contributed by atoms with Crippen LogP contribution in [0.25, 0.3) is 0 Å². The van der Waals surface area contributed by atoms with Gasteiger partial charge in [-0.15, -0.1) is 0 Å². The zero-order valence-electron chi connectivity index (χ0n) is 8.58. The molecule has 6 heteroatoms. The van der Waals surface area contributed by atoms with Crippen LogP contribution in [0.4, 0.5) is 0 Å². The fourth-order valence-electron chi connectivity index (χ4n) is 1.24. The summed E-state index contributed by atoms with van der Waals surface area (Å²) in [5.41, 5.74) is 6.12. The van der Waals surface area contributed by atoms with Crippen LogP contribution in [0, 0.1) is 0 Å². The van der Waals surface area contributed by atoms with Gasteiger partial charge >= 0.3 is 0 Å². The predicted molar refractivity (Wildman–Crippen MR) is 55.4 cm³/mol. The van der Waals surface area contributed by atoms with Gasteiger partial charge in [-0.2, -0.15) is 4.98 Å². The van der Waals surface area contributed by atoms with Crippen molar-refractivity contribution in [1.82, 2.24) is 15.1 Å². The summed E-state index contributed by atoms with van der Waals surface area (Å²) in [5, 5.41) is 13.1. The van der Waals surface area contributed by atoms with Crippen molar-refractivity contribution >= 4 is 0 Å². The molecule has 0 aliphatic carbocycles. The highest BCUT2D eigenvalue weighted by Crippen LogP contribution is 2.10. The number of nitrogens with zero attached hydrogens (tertiary/aromatic N) is 3. The second kappa shape index (κ2) is 4.82. The Morgan fingerprint density at radius 3 is 3.00 bits per heavy atom. The highest BCUT2D eigenvalue weighted by molar-refractivity contribution is 5.09. The van der Waals surface area contributed by atoms with E-state index in [2.05, 4.69) is 15.1 Å². The van der Waals surface area contributed by atoms with E-state index in [0.29, 0.717) is 12.2 Å². The van der Waals surface area contributed by atoms with E-state index in [-0.39, 0.29) is 12.4 Å². The molecule has 6 nitrogen and oxygen atoms in total. The van der Waals surface area contributed by atoms with Crippen LogP contribution < -0.4 is 5.73 Å². The van der Waals surface area contributed by atoms with Crippen molar-refractivity contribution < 1.29 is 9.63 Å². The summed E-state index contributed by atoms with van der Waals surface area (Å²) < 4.78 is 4.87. The van der Waals surface area contributed by atoms with Gasteiger partial charge in [-0.1, -0.05) is 11.2 Å². The molecule has 0 radical (unpaired) electrons. The molecule has 0 aliphatic rings. The maximum absolute atomic E-state index is 9.37. The minimum atomic E-state index is -0.898. The Bertz CT molecular complexity index is 443. The molecule has 0 saturated heterocycles. The lowest BCUT2D eigenvalue weighted by molar-refractivity contribution is 0.141. The topological polar surface area (TPSA) is 98.1 Å². The molecule has 2 heterocycles. The summed E-state index contributed by atoms with van der Waals surface area (Å²) in [6.07, 6.45) is 1.28. The summed E-state index contributed by atoms with van der Waals surface area (Å²) in [4.78, 5) is 8.17. The third kappa shape index (κ3) is 2.41. The number of hydrogen-bond donors (Lipinski definition) is 2. The number of pyridine rings is 1. The van der Waals surface area contributed by atoms with Crippen molar-refractivity contribution in [2.24, 2.45) is 5.73 Å². The molecule has 0 saturated carbocycles. The number of nitrogens with two attached hydrogens (primary N) is 1. The average molecular weight is 220 g/mol. The summed E-state index contributed by atoms with van der Waals surface area (Å²) in [6, 6.07) is 5.59. The van der Waals surface area contributed by atoms with E-state index in [1.807, 2.05) is 18.2 Å². The minimum Gasteiger partial charge on any atom is -0.382 e. The summed E-state index contributed by atoms with van der Waals surface area (Å²) in [7, 11) is 0. The van der Waals surface area contributed by atoms with E-state index < -0.39 is 6.10 Å². The molecule has 0 aromatic carbocycles. The molecule has 2 aromatic rings. The summed E-state index contributed by atoms with van der Waals surface area (Å²) in [5.74, 6) is 0.634. The monoisotopic (exact) mass is 220 g/mol. The molecule has 0 spiro atoms. The molecule has 2 aromatic heterocycles. The van der Waals surface area contributed by atoms with Crippen LogP contribution in [-0.2, 0) is 6.42 Å². The average Bonchev–Trinajstić information content (AvgIpc) is 2.78. The highest BCUT2D eigenvalue weighted by atomic mass is 16.5. The normalized spacial score (nSPS) is 12.6. The molecule has 0 amide bonds. The van der Waals surface area contributed by atoms with Crippen LogP contribution in [0.1, 0.15) is 23.5 Å². The predicted octanol–water partition coefficient (Wildman–Crippen LogP) is 0.0475. The zero-order chi connectivity index (χ0) is 11.4. The van der Waals surface area contributed by atoms with Gasteiger partial charge in [-0.25, -0.2) is 0 Å². The first-order chi connectivity index (χ1) is 7.79. The zero-order valence-corrected chi connectivity index (χ0v) is 8.58. The van der Waals surface area contributed by atoms with Gasteiger partial charge in [0.25, 0.3) is 5.89 Å². The summed E-state index contributed by atoms with van der Waals surface area (Å²) >= 11 is 0. The SMILES string of the molecule is NC[C@H](O)c1nc(Cc2ccccn2)no1. The Hall–Kier alpha value is -1.79. The highest BCUT2D eigenvalue weighted by Gasteiger charge is 2.14. The molecule has 84 valence electrons. The molecule has 0 bridgehead atoms. The summed E-state index contributed by atoms with van der Waals surface area (Å²) in [6.45, 7) is 0.0607. The van der Waals surface area contributed by atoms with Crippen molar-refractivity contribution in [1.29, 1.82) is 0 Å². The number of aliphatic hydroxyl groups is 1. The van der Waals surface area contributed by atoms with E-state index in [4.69, 9.17) is 10.3 Å². The van der Waals surface area contributed by atoms with Crippen molar-refractivity contribution in [3.8, 4) is 0 Å². The Kier molecular flexibility index (Phi) is 3.23. The van der Waals surface area contributed by atoms with Gasteiger partial charge in [0.15, 0.2) is 5.82 Å². The molecule has 16 heavy (non-hydrogen) atoms. The quantitative estimate of drug-likeness (QED) is 0.755. The third-order valence-electron chi connectivity index (χ3n) is 2.06. The molecule has 0 fully saturated rings. The lowest BCUT2D eigenvalue weighted by Crippen LogP contribution is -2.11. The maximum Gasteiger partial charge on any atom is 0.256 e. The third-order valence-corrected chi connectivity index (χ3v) is 2.06. The second-order valence-corrected chi connectivity index (χ2v) is 3.30. The maximum atomic E-state index is 9.37. The molecule has 3 N–H and O–H groups in total. The minimum absolute atomic E-state index is 0.0607. The fourth-order valence-corrected chi connectivity index (χ4v) is 1.24. The van der Waals surface area contributed by atoms with Gasteiger partial charge in [0.1, 0.15) is 6.10 Å². The molecule has 0 aliphatic heterocycles. The first-order valence-corrected chi connectivity index (χ1v) is 4.90. The van der Waals surface area contributed by atoms with E-state index in [1.165, 1.54) is 0 Å². The van der Waals surface area contributed by atoms with Gasteiger partial charge in [0.2, 0.25) is 0 Å². The lowest BCUT2D eigenvalue weighted by Gasteiger charge is -1.98. The first-order valence-electron chi connectivity index (χ1n) is 4.90. The van der Waals surface area contributed by atoms with Gasteiger partial charge in [-0.3, -0.25) is 4.98 Å². The van der Waals surface area contributed by atoms with E-state index in [9.17, 15) is 5.11 Å². The first kappa shape index (κ1) is 10.7. The largest absolute Gasteiger partial charge is 0.382 e. The van der Waals surface area contributed by atoms with Crippen molar-refractivity contribution in [2.75, 3.05) is 6.54 Å². The smallest absolute Gasteiger partial charge is 0.256 e. The van der Waals surface area contributed by atoms with Crippen molar-refractivity contribution in [3.63, 3.8) is 0 Å². The fraction of sp³-hybridized carbons (Fsp3) is 0.300. The van der Waals surface area contributed by atoms with Gasteiger partial charge in [0.05, 0.1) is 6.42 Å². The van der Waals surface area contributed by atoms with Crippen LogP contribution >= 0.6 is 0 Å².